The van der Waals surface area contributed by atoms with Gasteiger partial charge in [-0.3, -0.25) is 19.1 Å². The summed E-state index contributed by atoms with van der Waals surface area (Å²) in [6, 6.07) is 1.81. The molecule has 0 bridgehead atoms. The third kappa shape index (κ3) is 5.74. The number of aromatic nitrogens is 6. The maximum atomic E-state index is 12.9. The summed E-state index contributed by atoms with van der Waals surface area (Å²) in [4.78, 5) is 62.2. The average molecular weight is 569 g/mol. The monoisotopic (exact) mass is 568 g/mol. The predicted molar refractivity (Wildman–Crippen MR) is 157 cm³/mol. The van der Waals surface area contributed by atoms with Gasteiger partial charge >= 0.3 is 5.69 Å². The molecule has 3 atom stereocenters. The van der Waals surface area contributed by atoms with Crippen molar-refractivity contribution in [3.05, 3.63) is 62.8 Å². The number of hydrogen-bond acceptors (Lipinski definition) is 10. The van der Waals surface area contributed by atoms with Crippen LogP contribution in [0, 0.1) is 36.0 Å². The molecule has 2 unspecified atom stereocenters. The zero-order chi connectivity index (χ0) is 30.0. The van der Waals surface area contributed by atoms with Gasteiger partial charge in [0.25, 0.3) is 5.56 Å². The summed E-state index contributed by atoms with van der Waals surface area (Å²) < 4.78 is 2.08. The Morgan fingerprint density at radius 1 is 1.19 bits per heavy atom. The molecule has 216 valence electrons. The summed E-state index contributed by atoms with van der Waals surface area (Å²) in [5, 5.41) is 11.7. The van der Waals surface area contributed by atoms with Gasteiger partial charge in [-0.1, -0.05) is 13.0 Å². The summed E-state index contributed by atoms with van der Waals surface area (Å²) in [6.07, 6.45) is 12.3. The number of nitriles is 1. The van der Waals surface area contributed by atoms with E-state index in [9.17, 15) is 14.4 Å². The van der Waals surface area contributed by atoms with Crippen LogP contribution in [0.2, 0.25) is 0 Å². The third-order valence-electron chi connectivity index (χ3n) is 7.87. The molecule has 0 spiro atoms. The minimum atomic E-state index is -0.627. The Balaban J connectivity index is 1.24. The lowest BCUT2D eigenvalue weighted by Gasteiger charge is -2.27. The topological polar surface area (TPSA) is 164 Å². The van der Waals surface area contributed by atoms with Crippen LogP contribution < -0.4 is 21.5 Å². The van der Waals surface area contributed by atoms with Gasteiger partial charge in [0.15, 0.2) is 5.82 Å². The molecule has 2 aliphatic rings. The standard InChI is InChI=1S/C29H32N10O3/c1-17(10-32-25-19(3)27(41)39(8-7-30)29(42)37(25)4)9-18(2)26(40)36-24-14-31-13-23(35-24)22-11-33-28(34-12-22)38-15-20-5-6-21(20)16-38/h9-14,18,20-21H,5-6,8,15-16H2,1-4H3,(H,35,36,40)/b17-9-,32-10-/t18-,20?,21?/m1/s1. The number of hydrogen-bond donors (Lipinski definition) is 1. The lowest BCUT2D eigenvalue weighted by molar-refractivity contribution is -0.118. The summed E-state index contributed by atoms with van der Waals surface area (Å²) in [5.74, 6) is 1.90. The van der Waals surface area contributed by atoms with Crippen molar-refractivity contribution in [2.75, 3.05) is 23.3 Å². The highest BCUT2D eigenvalue weighted by atomic mass is 16.2. The number of rotatable bonds is 8. The van der Waals surface area contributed by atoms with Crippen molar-refractivity contribution in [2.45, 2.75) is 40.2 Å². The molecule has 13 nitrogen and oxygen atoms in total. The van der Waals surface area contributed by atoms with Crippen molar-refractivity contribution >= 4 is 29.7 Å². The first kappa shape index (κ1) is 28.5. The highest BCUT2D eigenvalue weighted by Crippen LogP contribution is 2.41. The Bertz CT molecular complexity index is 1680. The lowest BCUT2D eigenvalue weighted by Crippen LogP contribution is -2.39. The summed E-state index contributed by atoms with van der Waals surface area (Å²) in [7, 11) is 1.48. The Hall–Kier alpha value is -4.99. The van der Waals surface area contributed by atoms with E-state index in [0.717, 1.165) is 35.4 Å². The van der Waals surface area contributed by atoms with Crippen molar-refractivity contribution in [3.8, 4) is 17.3 Å². The lowest BCUT2D eigenvalue weighted by atomic mass is 9.77. The third-order valence-corrected chi connectivity index (χ3v) is 7.87. The van der Waals surface area contributed by atoms with Gasteiger partial charge in [-0.2, -0.15) is 5.26 Å². The molecule has 13 heteroatoms. The molecule has 1 aliphatic carbocycles. The van der Waals surface area contributed by atoms with E-state index in [2.05, 4.69) is 35.1 Å². The van der Waals surface area contributed by atoms with Crippen molar-refractivity contribution < 1.29 is 4.79 Å². The number of aliphatic imine (C=N–C) groups is 1. The minimum Gasteiger partial charge on any atom is -0.340 e. The number of anilines is 2. The fourth-order valence-corrected chi connectivity index (χ4v) is 5.32. The van der Waals surface area contributed by atoms with Gasteiger partial charge < -0.3 is 10.2 Å². The Morgan fingerprint density at radius 2 is 1.88 bits per heavy atom. The van der Waals surface area contributed by atoms with Gasteiger partial charge in [-0.05, 0) is 44.1 Å². The molecule has 5 rings (SSSR count). The van der Waals surface area contributed by atoms with Crippen LogP contribution in [0.3, 0.4) is 0 Å². The zero-order valence-electron chi connectivity index (χ0n) is 24.0. The van der Waals surface area contributed by atoms with Crippen LogP contribution >= 0.6 is 0 Å². The van der Waals surface area contributed by atoms with E-state index >= 15 is 0 Å². The van der Waals surface area contributed by atoms with E-state index in [0.29, 0.717) is 22.6 Å². The number of nitrogens with one attached hydrogen (secondary N) is 1. The Morgan fingerprint density at radius 3 is 2.52 bits per heavy atom. The first-order valence-corrected chi connectivity index (χ1v) is 13.8. The van der Waals surface area contributed by atoms with Gasteiger partial charge in [-0.15, -0.1) is 0 Å². The minimum absolute atomic E-state index is 0.181. The highest BCUT2D eigenvalue weighted by Gasteiger charge is 2.40. The molecule has 0 aromatic carbocycles. The van der Waals surface area contributed by atoms with Gasteiger partial charge in [-0.25, -0.2) is 29.3 Å². The summed E-state index contributed by atoms with van der Waals surface area (Å²) in [6.45, 7) is 6.72. The molecule has 1 saturated heterocycles. The number of fused-ring (bicyclic) bond motifs is 1. The second kappa shape index (κ2) is 11.9. The molecule has 0 radical (unpaired) electrons. The van der Waals surface area contributed by atoms with E-state index in [1.807, 2.05) is 6.07 Å². The molecule has 1 aliphatic heterocycles. The number of amides is 1. The van der Waals surface area contributed by atoms with E-state index in [4.69, 9.17) is 5.26 Å². The highest BCUT2D eigenvalue weighted by molar-refractivity contribution is 5.93. The predicted octanol–water partition coefficient (Wildman–Crippen LogP) is 2.40. The molecule has 1 amide bonds. The molecule has 1 saturated carbocycles. The number of allylic oxidation sites excluding steroid dienone is 1. The normalized spacial score (nSPS) is 18.8. The quantitative estimate of drug-likeness (QED) is 0.402. The van der Waals surface area contributed by atoms with Gasteiger partial charge in [0.1, 0.15) is 12.4 Å². The van der Waals surface area contributed by atoms with Crippen LogP contribution in [0.25, 0.3) is 11.3 Å². The number of nitrogens with zero attached hydrogens (tertiary/aromatic N) is 9. The van der Waals surface area contributed by atoms with Crippen LogP contribution in [0.1, 0.15) is 32.3 Å². The largest absolute Gasteiger partial charge is 0.340 e. The van der Waals surface area contributed by atoms with E-state index < -0.39 is 17.2 Å². The Kier molecular flexibility index (Phi) is 8.06. The molecule has 3 aromatic rings. The maximum Gasteiger partial charge on any atom is 0.333 e. The fraction of sp³-hybridized carbons (Fsp3) is 0.414. The van der Waals surface area contributed by atoms with Crippen LogP contribution in [0.4, 0.5) is 17.6 Å². The number of carbonyl (C=O) groups is 1. The second-order valence-electron chi connectivity index (χ2n) is 10.9. The van der Waals surface area contributed by atoms with Crippen molar-refractivity contribution in [1.29, 1.82) is 5.26 Å². The fourth-order valence-electron chi connectivity index (χ4n) is 5.32. The van der Waals surface area contributed by atoms with Crippen LogP contribution in [0.5, 0.6) is 0 Å². The summed E-state index contributed by atoms with van der Waals surface area (Å²) >= 11 is 0. The molecule has 42 heavy (non-hydrogen) atoms. The van der Waals surface area contributed by atoms with E-state index in [-0.39, 0.29) is 23.8 Å². The molecular formula is C29H32N10O3. The van der Waals surface area contributed by atoms with Gasteiger partial charge in [0, 0.05) is 44.3 Å². The Labute approximate surface area is 242 Å². The second-order valence-corrected chi connectivity index (χ2v) is 10.9. The zero-order valence-corrected chi connectivity index (χ0v) is 24.0. The van der Waals surface area contributed by atoms with E-state index in [1.165, 1.54) is 36.9 Å². The first-order chi connectivity index (χ1) is 20.2. The van der Waals surface area contributed by atoms with Crippen molar-refractivity contribution in [1.82, 2.24) is 29.1 Å². The van der Waals surface area contributed by atoms with Crippen molar-refractivity contribution in [2.24, 2.45) is 29.8 Å². The molecule has 2 fully saturated rings. The molecule has 3 aromatic heterocycles. The smallest absolute Gasteiger partial charge is 0.333 e. The molecule has 1 N–H and O–H groups in total. The van der Waals surface area contributed by atoms with Crippen LogP contribution in [0.15, 0.2) is 51.0 Å². The molecule has 4 heterocycles. The van der Waals surface area contributed by atoms with Gasteiger partial charge in [0.2, 0.25) is 11.9 Å². The summed E-state index contributed by atoms with van der Waals surface area (Å²) in [5.41, 5.74) is 0.945. The first-order valence-electron chi connectivity index (χ1n) is 13.8. The molecular weight excluding hydrogens is 536 g/mol. The SMILES string of the molecule is CC(/C=N\c1c(C)c(=O)n(CC#N)c(=O)n1C)=C/[C@@H](C)C(=O)Nc1cncc(-c2cnc(N3CC4CCC4C3)nc2)n1. The van der Waals surface area contributed by atoms with Crippen LogP contribution in [-0.2, 0) is 18.4 Å². The van der Waals surface area contributed by atoms with Gasteiger partial charge in [0.05, 0.1) is 35.6 Å². The van der Waals surface area contributed by atoms with Crippen molar-refractivity contribution in [3.63, 3.8) is 0 Å². The van der Waals surface area contributed by atoms with E-state index in [1.54, 1.807) is 45.4 Å². The maximum absolute atomic E-state index is 12.9. The average Bonchev–Trinajstić information content (AvgIpc) is 3.27. The number of carbonyl (C=O) groups excluding carboxylic acids is 1. The van der Waals surface area contributed by atoms with Crippen LogP contribution in [-0.4, -0.2) is 54.3 Å².